The van der Waals surface area contributed by atoms with Gasteiger partial charge in [0.25, 0.3) is 5.91 Å². The van der Waals surface area contributed by atoms with Gasteiger partial charge in [0, 0.05) is 21.4 Å². The number of nitrogens with one attached hydrogen (secondary N) is 2. The van der Waals surface area contributed by atoms with Gasteiger partial charge < -0.3 is 24.8 Å². The SMILES string of the molecule is CCSc1ccc(C(Oc2ccc(C(F)(F)F)cc2)C(=O)NC2Nc3cc(OC)c(OC)cc3S2)cc1. The molecule has 1 heterocycles. The van der Waals surface area contributed by atoms with Crippen LogP contribution >= 0.6 is 23.5 Å². The highest BCUT2D eigenvalue weighted by molar-refractivity contribution is 8.00. The summed E-state index contributed by atoms with van der Waals surface area (Å²) in [5.41, 5.74) is 0.0423. The summed E-state index contributed by atoms with van der Waals surface area (Å²) in [5, 5.41) is 6.14. The number of carbonyl (C=O) groups is 1. The van der Waals surface area contributed by atoms with Crippen molar-refractivity contribution in [2.75, 3.05) is 25.3 Å². The number of rotatable bonds is 9. The number of anilines is 1. The number of halogens is 3. The van der Waals surface area contributed by atoms with Crippen molar-refractivity contribution in [2.24, 2.45) is 0 Å². The number of fused-ring (bicyclic) bond motifs is 1. The third-order valence-corrected chi connectivity index (χ3v) is 7.42. The molecule has 6 nitrogen and oxygen atoms in total. The minimum absolute atomic E-state index is 0.143. The smallest absolute Gasteiger partial charge is 0.416 e. The van der Waals surface area contributed by atoms with Crippen molar-refractivity contribution in [3.05, 3.63) is 71.8 Å². The first kappa shape index (κ1) is 26.9. The summed E-state index contributed by atoms with van der Waals surface area (Å²) >= 11 is 3.04. The molecule has 1 aliphatic rings. The van der Waals surface area contributed by atoms with E-state index in [9.17, 15) is 18.0 Å². The van der Waals surface area contributed by atoms with E-state index in [0.717, 1.165) is 33.4 Å². The van der Waals surface area contributed by atoms with Gasteiger partial charge in [0.2, 0.25) is 6.10 Å². The van der Waals surface area contributed by atoms with Gasteiger partial charge in [-0.25, -0.2) is 0 Å². The van der Waals surface area contributed by atoms with Crippen LogP contribution in [0.4, 0.5) is 18.9 Å². The van der Waals surface area contributed by atoms with E-state index >= 15 is 0 Å². The van der Waals surface area contributed by atoms with Crippen molar-refractivity contribution in [2.45, 2.75) is 34.5 Å². The van der Waals surface area contributed by atoms with E-state index in [4.69, 9.17) is 14.2 Å². The Morgan fingerprint density at radius 2 is 1.70 bits per heavy atom. The highest BCUT2D eigenvalue weighted by Gasteiger charge is 2.32. The number of hydrogen-bond donors (Lipinski definition) is 2. The second kappa shape index (κ2) is 11.5. The van der Waals surface area contributed by atoms with Crippen molar-refractivity contribution < 1.29 is 32.2 Å². The van der Waals surface area contributed by atoms with Gasteiger partial charge in [-0.1, -0.05) is 30.8 Å². The van der Waals surface area contributed by atoms with Crippen LogP contribution < -0.4 is 24.8 Å². The Balaban J connectivity index is 1.54. The quantitative estimate of drug-likeness (QED) is 0.292. The highest BCUT2D eigenvalue weighted by Crippen LogP contribution is 2.44. The van der Waals surface area contributed by atoms with Gasteiger partial charge >= 0.3 is 6.18 Å². The monoisotopic (exact) mass is 550 g/mol. The summed E-state index contributed by atoms with van der Waals surface area (Å²) in [6.45, 7) is 2.04. The molecule has 2 atom stereocenters. The Bertz CT molecular complexity index is 1210. The van der Waals surface area contributed by atoms with Crippen molar-refractivity contribution in [1.82, 2.24) is 5.32 Å². The Kier molecular flexibility index (Phi) is 8.33. The lowest BCUT2D eigenvalue weighted by atomic mass is 10.1. The van der Waals surface area contributed by atoms with Crippen LogP contribution in [0.2, 0.25) is 0 Å². The molecule has 0 spiro atoms. The number of amides is 1. The molecule has 2 unspecified atom stereocenters. The van der Waals surface area contributed by atoms with Gasteiger partial charge in [0.05, 0.1) is 25.5 Å². The average molecular weight is 551 g/mol. The number of benzene rings is 3. The zero-order valence-corrected chi connectivity index (χ0v) is 21.9. The fraction of sp³-hybridized carbons (Fsp3) is 0.269. The van der Waals surface area contributed by atoms with Crippen LogP contribution in [-0.4, -0.2) is 31.4 Å². The van der Waals surface area contributed by atoms with Crippen LogP contribution in [0.3, 0.4) is 0 Å². The van der Waals surface area contributed by atoms with E-state index in [1.165, 1.54) is 23.9 Å². The first-order valence-electron chi connectivity index (χ1n) is 11.3. The van der Waals surface area contributed by atoms with Gasteiger partial charge in [0.15, 0.2) is 17.0 Å². The average Bonchev–Trinajstić information content (AvgIpc) is 3.27. The molecule has 0 fully saturated rings. The Morgan fingerprint density at radius 3 is 2.30 bits per heavy atom. The number of methoxy groups -OCH3 is 2. The predicted molar refractivity (Wildman–Crippen MR) is 139 cm³/mol. The first-order valence-corrected chi connectivity index (χ1v) is 13.1. The lowest BCUT2D eigenvalue weighted by Gasteiger charge is -2.22. The minimum Gasteiger partial charge on any atom is -0.493 e. The number of thioether (sulfide) groups is 2. The third kappa shape index (κ3) is 6.40. The van der Waals surface area contributed by atoms with Crippen molar-refractivity contribution in [3.8, 4) is 17.2 Å². The third-order valence-electron chi connectivity index (χ3n) is 5.46. The van der Waals surface area contributed by atoms with Crippen molar-refractivity contribution >= 4 is 35.1 Å². The maximum Gasteiger partial charge on any atom is 0.416 e. The molecule has 0 aliphatic carbocycles. The van der Waals surface area contributed by atoms with E-state index < -0.39 is 29.2 Å². The summed E-state index contributed by atoms with van der Waals surface area (Å²) < 4.78 is 55.6. The molecule has 11 heteroatoms. The largest absolute Gasteiger partial charge is 0.493 e. The van der Waals surface area contributed by atoms with Crippen molar-refractivity contribution in [3.63, 3.8) is 0 Å². The first-order chi connectivity index (χ1) is 17.7. The summed E-state index contributed by atoms with van der Waals surface area (Å²) in [5.74, 6) is 1.70. The summed E-state index contributed by atoms with van der Waals surface area (Å²) in [6.07, 6.45) is -5.55. The maximum absolute atomic E-state index is 13.4. The molecule has 37 heavy (non-hydrogen) atoms. The Labute approximate surface area is 221 Å². The summed E-state index contributed by atoms with van der Waals surface area (Å²) in [6, 6.07) is 15.2. The van der Waals surface area contributed by atoms with E-state index in [-0.39, 0.29) is 5.75 Å². The number of ether oxygens (including phenoxy) is 3. The molecule has 0 saturated carbocycles. The Hall–Kier alpha value is -3.18. The zero-order chi connectivity index (χ0) is 26.6. The van der Waals surface area contributed by atoms with Crippen molar-refractivity contribution in [1.29, 1.82) is 0 Å². The molecule has 196 valence electrons. The molecule has 0 radical (unpaired) electrons. The summed E-state index contributed by atoms with van der Waals surface area (Å²) in [4.78, 5) is 15.3. The van der Waals surface area contributed by atoms with E-state index in [0.29, 0.717) is 17.1 Å². The standard InChI is InChI=1S/C26H25F3N2O4S2/c1-4-36-18-11-5-15(6-12-18)23(35-17-9-7-16(8-10-17)26(27,28)29)24(32)31-25-30-19-13-20(33-2)21(34-3)14-22(19)37-25/h5-14,23,25,30H,4H2,1-3H3,(H,31,32). The van der Waals surface area contributed by atoms with Gasteiger partial charge in [-0.05, 0) is 48.2 Å². The van der Waals surface area contributed by atoms with Gasteiger partial charge in [-0.2, -0.15) is 13.2 Å². The fourth-order valence-electron chi connectivity index (χ4n) is 3.68. The molecule has 0 bridgehead atoms. The lowest BCUT2D eigenvalue weighted by Crippen LogP contribution is -2.40. The molecular weight excluding hydrogens is 525 g/mol. The molecule has 2 N–H and O–H groups in total. The normalized spacial score (nSPS) is 15.4. The van der Waals surface area contributed by atoms with Gasteiger partial charge in [-0.3, -0.25) is 4.79 Å². The van der Waals surface area contributed by atoms with Crippen LogP contribution in [0.1, 0.15) is 24.2 Å². The van der Waals surface area contributed by atoms with Crippen LogP contribution in [0.5, 0.6) is 17.2 Å². The van der Waals surface area contributed by atoms with Crippen LogP contribution in [0, 0.1) is 0 Å². The molecule has 0 aromatic heterocycles. The van der Waals surface area contributed by atoms with Crippen LogP contribution in [0.15, 0.2) is 70.5 Å². The zero-order valence-electron chi connectivity index (χ0n) is 20.2. The molecule has 1 amide bonds. The van der Waals surface area contributed by atoms with E-state index in [1.54, 1.807) is 44.2 Å². The fourth-order valence-corrected chi connectivity index (χ4v) is 5.37. The molecule has 0 saturated heterocycles. The van der Waals surface area contributed by atoms with E-state index in [1.807, 2.05) is 25.1 Å². The number of hydrogen-bond acceptors (Lipinski definition) is 7. The van der Waals surface area contributed by atoms with E-state index in [2.05, 4.69) is 10.6 Å². The minimum atomic E-state index is -4.46. The Morgan fingerprint density at radius 1 is 1.05 bits per heavy atom. The topological polar surface area (TPSA) is 68.8 Å². The van der Waals surface area contributed by atoms with Gasteiger partial charge in [-0.15, -0.1) is 11.8 Å². The molecular formula is C26H25F3N2O4S2. The molecule has 1 aliphatic heterocycles. The second-order valence-electron chi connectivity index (χ2n) is 7.88. The number of alkyl halides is 3. The number of carbonyl (C=O) groups excluding carboxylic acids is 1. The summed E-state index contributed by atoms with van der Waals surface area (Å²) in [7, 11) is 3.09. The molecule has 3 aromatic rings. The highest BCUT2D eigenvalue weighted by atomic mass is 32.2. The van der Waals surface area contributed by atoms with Crippen LogP contribution in [-0.2, 0) is 11.0 Å². The predicted octanol–water partition coefficient (Wildman–Crippen LogP) is 6.57. The molecule has 3 aromatic carbocycles. The maximum atomic E-state index is 13.4. The molecule has 4 rings (SSSR count). The lowest BCUT2D eigenvalue weighted by molar-refractivity contribution is -0.137. The van der Waals surface area contributed by atoms with Crippen LogP contribution in [0.25, 0.3) is 0 Å². The second-order valence-corrected chi connectivity index (χ2v) is 10.4. The van der Waals surface area contributed by atoms with Gasteiger partial charge in [0.1, 0.15) is 5.75 Å².